The molecule has 0 fully saturated rings. The predicted molar refractivity (Wildman–Crippen MR) is 160 cm³/mol. The second-order valence-corrected chi connectivity index (χ2v) is 9.28. The highest BCUT2D eigenvalue weighted by molar-refractivity contribution is 6.31. The molecule has 41 heavy (non-hydrogen) atoms. The summed E-state index contributed by atoms with van der Waals surface area (Å²) in [7, 11) is 1.59. The molecule has 0 atom stereocenters. The number of anilines is 1. The molecule has 0 saturated heterocycles. The lowest BCUT2D eigenvalue weighted by Crippen LogP contribution is -2.18. The van der Waals surface area contributed by atoms with Crippen LogP contribution < -0.4 is 25.0 Å². The number of benzene rings is 4. The van der Waals surface area contributed by atoms with Gasteiger partial charge in [-0.05, 0) is 78.7 Å². The molecule has 0 bridgehead atoms. The zero-order chi connectivity index (χ0) is 29.0. The van der Waals surface area contributed by atoms with E-state index < -0.39 is 0 Å². The summed E-state index contributed by atoms with van der Waals surface area (Å²) in [6.45, 7) is 2.64. The third kappa shape index (κ3) is 8.58. The van der Waals surface area contributed by atoms with Crippen LogP contribution in [0, 0.1) is 0 Å². The molecule has 0 aliphatic carbocycles. The van der Waals surface area contributed by atoms with Gasteiger partial charge in [-0.25, -0.2) is 5.43 Å². The smallest absolute Gasteiger partial charge is 0.271 e. The molecule has 0 heterocycles. The van der Waals surface area contributed by atoms with Gasteiger partial charge in [0.1, 0.15) is 12.4 Å². The van der Waals surface area contributed by atoms with Crippen molar-refractivity contribution in [1.29, 1.82) is 0 Å². The molecule has 0 aliphatic heterocycles. The number of ether oxygens (including phenoxy) is 3. The monoisotopic (exact) mass is 571 g/mol. The van der Waals surface area contributed by atoms with Gasteiger partial charge in [0, 0.05) is 21.8 Å². The third-order valence-corrected chi connectivity index (χ3v) is 6.31. The number of nitrogens with one attached hydrogen (secondary N) is 2. The zero-order valence-corrected chi connectivity index (χ0v) is 23.5. The molecule has 2 N–H and O–H groups in total. The molecule has 0 aromatic heterocycles. The Morgan fingerprint density at radius 1 is 0.902 bits per heavy atom. The summed E-state index contributed by atoms with van der Waals surface area (Å²) in [5, 5.41) is 7.53. The van der Waals surface area contributed by atoms with Gasteiger partial charge in [-0.1, -0.05) is 41.9 Å². The van der Waals surface area contributed by atoms with Crippen LogP contribution in [0.15, 0.2) is 96.1 Å². The average molecular weight is 572 g/mol. The van der Waals surface area contributed by atoms with E-state index in [9.17, 15) is 9.59 Å². The molecule has 0 radical (unpaired) electrons. The molecule has 4 rings (SSSR count). The first-order valence-corrected chi connectivity index (χ1v) is 13.3. The van der Waals surface area contributed by atoms with Crippen LogP contribution >= 0.6 is 11.6 Å². The van der Waals surface area contributed by atoms with Crippen LogP contribution in [0.1, 0.15) is 34.0 Å². The number of hydrazone groups is 1. The number of rotatable bonds is 12. The highest BCUT2D eigenvalue weighted by Crippen LogP contribution is 2.29. The Morgan fingerprint density at radius 2 is 1.66 bits per heavy atom. The Morgan fingerprint density at radius 3 is 2.37 bits per heavy atom. The molecular formula is C32H30ClN3O5. The first kappa shape index (κ1) is 29.2. The van der Waals surface area contributed by atoms with Crippen LogP contribution in [0.25, 0.3) is 0 Å². The Balaban J connectivity index is 1.30. The molecule has 4 aromatic carbocycles. The van der Waals surface area contributed by atoms with Crippen LogP contribution in [0.4, 0.5) is 5.69 Å². The molecule has 0 aliphatic rings. The van der Waals surface area contributed by atoms with Crippen LogP contribution in [0.3, 0.4) is 0 Å². The van der Waals surface area contributed by atoms with E-state index in [2.05, 4.69) is 15.8 Å². The van der Waals surface area contributed by atoms with Crippen molar-refractivity contribution in [3.8, 4) is 17.2 Å². The van der Waals surface area contributed by atoms with Gasteiger partial charge >= 0.3 is 0 Å². The quantitative estimate of drug-likeness (QED) is 0.154. The van der Waals surface area contributed by atoms with E-state index in [0.29, 0.717) is 46.5 Å². The van der Waals surface area contributed by atoms with Gasteiger partial charge in [0.05, 0.1) is 26.4 Å². The summed E-state index contributed by atoms with van der Waals surface area (Å²) in [4.78, 5) is 24.9. The molecule has 0 unspecified atom stereocenters. The van der Waals surface area contributed by atoms with Crippen LogP contribution in [-0.4, -0.2) is 31.7 Å². The van der Waals surface area contributed by atoms with Crippen molar-refractivity contribution in [2.75, 3.05) is 19.0 Å². The fourth-order valence-electron chi connectivity index (χ4n) is 3.83. The molecule has 210 valence electrons. The maximum Gasteiger partial charge on any atom is 0.271 e. The van der Waals surface area contributed by atoms with Gasteiger partial charge in [0.25, 0.3) is 5.91 Å². The van der Waals surface area contributed by atoms with E-state index in [-0.39, 0.29) is 18.2 Å². The van der Waals surface area contributed by atoms with Gasteiger partial charge in [0.15, 0.2) is 11.5 Å². The second kappa shape index (κ2) is 14.5. The SMILES string of the molecule is CCOc1cc(/C=N/NC(=O)c2ccc(NC(=O)Cc3ccc(OC)cc3)cc2)ccc1OCc1ccccc1Cl. The standard InChI is InChI=1S/C32H30ClN3O5/c1-3-40-30-18-23(10-17-29(30)41-21-25-6-4-5-7-28(25)33)20-34-36-32(38)24-11-13-26(14-12-24)35-31(37)19-22-8-15-27(39-2)16-9-22/h4-18,20H,3,19,21H2,1-2H3,(H,35,37)(H,36,38)/b34-20+. The summed E-state index contributed by atoms with van der Waals surface area (Å²) in [5.41, 5.74) is 5.95. The van der Waals surface area contributed by atoms with E-state index in [0.717, 1.165) is 16.9 Å². The first-order valence-electron chi connectivity index (χ1n) is 12.9. The van der Waals surface area contributed by atoms with E-state index in [4.69, 9.17) is 25.8 Å². The fourth-order valence-corrected chi connectivity index (χ4v) is 4.02. The number of nitrogens with zero attached hydrogens (tertiary/aromatic N) is 1. The van der Waals surface area contributed by atoms with Crippen molar-refractivity contribution in [2.24, 2.45) is 5.10 Å². The van der Waals surface area contributed by atoms with E-state index in [1.54, 1.807) is 43.5 Å². The topological polar surface area (TPSA) is 98.2 Å². The fraction of sp³-hybridized carbons (Fsp3) is 0.156. The largest absolute Gasteiger partial charge is 0.497 e. The highest BCUT2D eigenvalue weighted by Gasteiger charge is 2.10. The minimum atomic E-state index is -0.387. The number of carbonyl (C=O) groups is 2. The molecule has 2 amide bonds. The van der Waals surface area contributed by atoms with Gasteiger partial charge in [-0.3, -0.25) is 9.59 Å². The molecule has 8 nitrogen and oxygen atoms in total. The molecule has 4 aromatic rings. The minimum Gasteiger partial charge on any atom is -0.497 e. The zero-order valence-electron chi connectivity index (χ0n) is 22.7. The van der Waals surface area contributed by atoms with Crippen LogP contribution in [-0.2, 0) is 17.8 Å². The Kier molecular flexibility index (Phi) is 10.3. The Hall–Kier alpha value is -4.82. The van der Waals surface area contributed by atoms with Crippen molar-refractivity contribution in [3.05, 3.63) is 118 Å². The number of carbonyl (C=O) groups excluding carboxylic acids is 2. The molecule has 0 spiro atoms. The molecule has 0 saturated carbocycles. The molecular weight excluding hydrogens is 542 g/mol. The average Bonchev–Trinajstić information content (AvgIpc) is 2.98. The number of halogens is 1. The first-order chi connectivity index (χ1) is 19.9. The Labute approximate surface area is 243 Å². The van der Waals surface area contributed by atoms with Gasteiger partial charge < -0.3 is 19.5 Å². The van der Waals surface area contributed by atoms with E-state index in [1.807, 2.05) is 61.5 Å². The number of hydrogen-bond donors (Lipinski definition) is 2. The highest BCUT2D eigenvalue weighted by atomic mass is 35.5. The summed E-state index contributed by atoms with van der Waals surface area (Å²) < 4.78 is 16.8. The maximum atomic E-state index is 12.6. The summed E-state index contributed by atoms with van der Waals surface area (Å²) >= 11 is 6.22. The number of methoxy groups -OCH3 is 1. The lowest BCUT2D eigenvalue weighted by molar-refractivity contribution is -0.115. The van der Waals surface area contributed by atoms with Crippen molar-refractivity contribution < 1.29 is 23.8 Å². The van der Waals surface area contributed by atoms with Crippen molar-refractivity contribution in [3.63, 3.8) is 0 Å². The van der Waals surface area contributed by atoms with E-state index >= 15 is 0 Å². The van der Waals surface area contributed by atoms with Gasteiger partial charge in [-0.15, -0.1) is 0 Å². The second-order valence-electron chi connectivity index (χ2n) is 8.87. The van der Waals surface area contributed by atoms with Gasteiger partial charge in [0.2, 0.25) is 5.91 Å². The molecule has 9 heteroatoms. The third-order valence-electron chi connectivity index (χ3n) is 5.94. The Bertz CT molecular complexity index is 1510. The normalized spacial score (nSPS) is 10.7. The number of amides is 2. The number of hydrogen-bond acceptors (Lipinski definition) is 6. The minimum absolute atomic E-state index is 0.163. The van der Waals surface area contributed by atoms with Gasteiger partial charge in [-0.2, -0.15) is 5.10 Å². The van der Waals surface area contributed by atoms with E-state index in [1.165, 1.54) is 6.21 Å². The lowest BCUT2D eigenvalue weighted by atomic mass is 10.1. The summed E-state index contributed by atoms with van der Waals surface area (Å²) in [5.74, 6) is 1.31. The van der Waals surface area contributed by atoms with Crippen molar-refractivity contribution in [1.82, 2.24) is 5.43 Å². The predicted octanol–water partition coefficient (Wildman–Crippen LogP) is 6.27. The summed E-state index contributed by atoms with van der Waals surface area (Å²) in [6.07, 6.45) is 1.74. The van der Waals surface area contributed by atoms with Crippen LogP contribution in [0.5, 0.6) is 17.2 Å². The van der Waals surface area contributed by atoms with Crippen LogP contribution in [0.2, 0.25) is 5.02 Å². The summed E-state index contributed by atoms with van der Waals surface area (Å²) in [6, 6.07) is 26.7. The van der Waals surface area contributed by atoms with Crippen molar-refractivity contribution in [2.45, 2.75) is 20.0 Å². The maximum absolute atomic E-state index is 12.6. The lowest BCUT2D eigenvalue weighted by Gasteiger charge is -2.13. The van der Waals surface area contributed by atoms with Crippen molar-refractivity contribution >= 4 is 35.3 Å².